The van der Waals surface area contributed by atoms with E-state index in [1.807, 2.05) is 24.3 Å². The molecule has 0 aliphatic carbocycles. The van der Waals surface area contributed by atoms with Crippen LogP contribution < -0.4 is 0 Å². The van der Waals surface area contributed by atoms with Crippen molar-refractivity contribution in [3.05, 3.63) is 48.0 Å². The molecule has 2 rings (SSSR count). The highest BCUT2D eigenvalue weighted by molar-refractivity contribution is 5.54. The van der Waals surface area contributed by atoms with Crippen molar-refractivity contribution in [2.24, 2.45) is 0 Å². The number of aryl methyl sites for hydroxylation is 1. The van der Waals surface area contributed by atoms with Crippen LogP contribution in [-0.2, 0) is 6.42 Å². The fourth-order valence-electron chi connectivity index (χ4n) is 1.35. The Labute approximate surface area is 87.8 Å². The van der Waals surface area contributed by atoms with Crippen LogP contribution in [-0.4, -0.2) is 9.97 Å². The number of aromatic nitrogens is 2. The molecule has 1 aromatic heterocycles. The number of benzene rings is 1. The molecule has 2 nitrogen and oxygen atoms in total. The molecule has 0 spiro atoms. The second-order valence-corrected chi connectivity index (χ2v) is 3.28. The van der Waals surface area contributed by atoms with Gasteiger partial charge in [0.2, 0.25) is 0 Å². The van der Waals surface area contributed by atoms with Crippen molar-refractivity contribution in [2.45, 2.75) is 13.3 Å². The van der Waals surface area contributed by atoms with E-state index in [9.17, 15) is 4.39 Å². The van der Waals surface area contributed by atoms with Gasteiger partial charge in [0.15, 0.2) is 11.6 Å². The van der Waals surface area contributed by atoms with Crippen LogP contribution in [0.1, 0.15) is 12.5 Å². The van der Waals surface area contributed by atoms with Gasteiger partial charge in [-0.2, -0.15) is 0 Å². The largest absolute Gasteiger partial charge is 0.233 e. The maximum Gasteiger partial charge on any atom is 0.159 e. The lowest BCUT2D eigenvalue weighted by molar-refractivity contribution is 0.614. The maximum atomic E-state index is 12.6. The number of hydrogen-bond donors (Lipinski definition) is 0. The first kappa shape index (κ1) is 9.77. The SMILES string of the molecule is CCc1ccc(-c2ncc(F)cn2)cc1. The Morgan fingerprint density at radius 2 is 1.67 bits per heavy atom. The van der Waals surface area contributed by atoms with E-state index in [2.05, 4.69) is 16.9 Å². The van der Waals surface area contributed by atoms with Gasteiger partial charge in [-0.05, 0) is 12.0 Å². The summed E-state index contributed by atoms with van der Waals surface area (Å²) in [7, 11) is 0. The zero-order valence-electron chi connectivity index (χ0n) is 8.44. The van der Waals surface area contributed by atoms with Crippen LogP contribution >= 0.6 is 0 Å². The molecule has 1 heterocycles. The molecule has 0 fully saturated rings. The molecule has 0 saturated heterocycles. The molecule has 1 aromatic carbocycles. The van der Waals surface area contributed by atoms with Gasteiger partial charge in [-0.15, -0.1) is 0 Å². The van der Waals surface area contributed by atoms with Crippen molar-refractivity contribution in [3.8, 4) is 11.4 Å². The maximum absolute atomic E-state index is 12.6. The van der Waals surface area contributed by atoms with Crippen molar-refractivity contribution in [1.82, 2.24) is 9.97 Å². The second-order valence-electron chi connectivity index (χ2n) is 3.28. The summed E-state index contributed by atoms with van der Waals surface area (Å²) in [6.07, 6.45) is 3.36. The molecule has 2 aromatic rings. The Morgan fingerprint density at radius 1 is 1.07 bits per heavy atom. The van der Waals surface area contributed by atoms with E-state index in [0.717, 1.165) is 12.0 Å². The quantitative estimate of drug-likeness (QED) is 0.748. The van der Waals surface area contributed by atoms with Crippen molar-refractivity contribution in [2.75, 3.05) is 0 Å². The molecular formula is C12H11FN2. The Bertz CT molecular complexity index is 434. The first-order valence-corrected chi connectivity index (χ1v) is 4.86. The van der Waals surface area contributed by atoms with E-state index < -0.39 is 5.82 Å². The number of rotatable bonds is 2. The summed E-state index contributed by atoms with van der Waals surface area (Å²) in [6, 6.07) is 7.96. The third-order valence-electron chi connectivity index (χ3n) is 2.24. The predicted octanol–water partition coefficient (Wildman–Crippen LogP) is 2.85. The van der Waals surface area contributed by atoms with Gasteiger partial charge < -0.3 is 0 Å². The Balaban J connectivity index is 2.33. The van der Waals surface area contributed by atoms with E-state index in [1.165, 1.54) is 18.0 Å². The first-order chi connectivity index (χ1) is 7.29. The summed E-state index contributed by atoms with van der Waals surface area (Å²) in [5, 5.41) is 0. The van der Waals surface area contributed by atoms with Crippen LogP contribution in [0.5, 0.6) is 0 Å². The second kappa shape index (κ2) is 4.17. The lowest BCUT2D eigenvalue weighted by Gasteiger charge is -2.00. The van der Waals surface area contributed by atoms with Crippen LogP contribution in [0.2, 0.25) is 0 Å². The molecule has 0 aliphatic heterocycles. The van der Waals surface area contributed by atoms with Crippen LogP contribution in [0.25, 0.3) is 11.4 Å². The zero-order chi connectivity index (χ0) is 10.7. The van der Waals surface area contributed by atoms with Crippen LogP contribution in [0.3, 0.4) is 0 Å². The molecule has 15 heavy (non-hydrogen) atoms. The smallest absolute Gasteiger partial charge is 0.159 e. The van der Waals surface area contributed by atoms with Crippen molar-refractivity contribution < 1.29 is 4.39 Å². The lowest BCUT2D eigenvalue weighted by Crippen LogP contribution is -1.90. The molecule has 76 valence electrons. The minimum absolute atomic E-state index is 0.413. The molecule has 0 atom stereocenters. The first-order valence-electron chi connectivity index (χ1n) is 4.86. The van der Waals surface area contributed by atoms with Gasteiger partial charge >= 0.3 is 0 Å². The lowest BCUT2D eigenvalue weighted by atomic mass is 10.1. The topological polar surface area (TPSA) is 25.8 Å². The van der Waals surface area contributed by atoms with Gasteiger partial charge in [0, 0.05) is 5.56 Å². The minimum atomic E-state index is -0.413. The molecule has 0 bridgehead atoms. The van der Waals surface area contributed by atoms with Gasteiger partial charge in [0.25, 0.3) is 0 Å². The fraction of sp³-hybridized carbons (Fsp3) is 0.167. The van der Waals surface area contributed by atoms with Crippen molar-refractivity contribution in [3.63, 3.8) is 0 Å². The molecule has 0 radical (unpaired) electrons. The highest BCUT2D eigenvalue weighted by Crippen LogP contribution is 2.15. The molecule has 0 unspecified atom stereocenters. The van der Waals surface area contributed by atoms with E-state index in [1.54, 1.807) is 0 Å². The van der Waals surface area contributed by atoms with Crippen LogP contribution in [0.15, 0.2) is 36.7 Å². The fourth-order valence-corrected chi connectivity index (χ4v) is 1.35. The van der Waals surface area contributed by atoms with Gasteiger partial charge in [-0.3, -0.25) is 0 Å². The van der Waals surface area contributed by atoms with Crippen LogP contribution in [0.4, 0.5) is 4.39 Å². The molecule has 3 heteroatoms. The van der Waals surface area contributed by atoms with Gasteiger partial charge in [-0.25, -0.2) is 14.4 Å². The Hall–Kier alpha value is -1.77. The van der Waals surface area contributed by atoms with Crippen molar-refractivity contribution >= 4 is 0 Å². The molecule has 0 amide bonds. The van der Waals surface area contributed by atoms with E-state index >= 15 is 0 Å². The number of hydrogen-bond acceptors (Lipinski definition) is 2. The average Bonchev–Trinajstić information content (AvgIpc) is 2.30. The molecular weight excluding hydrogens is 191 g/mol. The van der Waals surface area contributed by atoms with E-state index in [0.29, 0.717) is 5.82 Å². The number of nitrogens with zero attached hydrogens (tertiary/aromatic N) is 2. The van der Waals surface area contributed by atoms with E-state index in [4.69, 9.17) is 0 Å². The third-order valence-corrected chi connectivity index (χ3v) is 2.24. The normalized spacial score (nSPS) is 10.3. The summed E-state index contributed by atoms with van der Waals surface area (Å²) in [5.41, 5.74) is 2.17. The van der Waals surface area contributed by atoms with Crippen LogP contribution in [0, 0.1) is 5.82 Å². The summed E-state index contributed by atoms with van der Waals surface area (Å²) in [4.78, 5) is 7.84. The minimum Gasteiger partial charge on any atom is -0.233 e. The Kier molecular flexibility index (Phi) is 2.72. The highest BCUT2D eigenvalue weighted by atomic mass is 19.1. The summed E-state index contributed by atoms with van der Waals surface area (Å²) < 4.78 is 12.6. The third kappa shape index (κ3) is 2.18. The predicted molar refractivity (Wildman–Crippen MR) is 56.8 cm³/mol. The van der Waals surface area contributed by atoms with E-state index in [-0.39, 0.29) is 0 Å². The van der Waals surface area contributed by atoms with Gasteiger partial charge in [0.05, 0.1) is 12.4 Å². The number of halogens is 1. The van der Waals surface area contributed by atoms with Gasteiger partial charge in [-0.1, -0.05) is 31.2 Å². The summed E-state index contributed by atoms with van der Waals surface area (Å²) in [6.45, 7) is 2.10. The Morgan fingerprint density at radius 3 is 2.20 bits per heavy atom. The highest BCUT2D eigenvalue weighted by Gasteiger charge is 2.00. The molecule has 0 saturated carbocycles. The average molecular weight is 202 g/mol. The monoisotopic (exact) mass is 202 g/mol. The van der Waals surface area contributed by atoms with Gasteiger partial charge in [0.1, 0.15) is 0 Å². The summed E-state index contributed by atoms with van der Waals surface area (Å²) >= 11 is 0. The van der Waals surface area contributed by atoms with Crippen molar-refractivity contribution in [1.29, 1.82) is 0 Å². The standard InChI is InChI=1S/C12H11FN2/c1-2-9-3-5-10(6-4-9)12-14-7-11(13)8-15-12/h3-8H,2H2,1H3. The zero-order valence-corrected chi connectivity index (χ0v) is 8.44. The molecule has 0 aliphatic rings. The summed E-state index contributed by atoms with van der Waals surface area (Å²) in [5.74, 6) is 0.142. The molecule has 0 N–H and O–H groups in total.